The molecular formula is C25H27N3O3. The number of hydrogen-bond acceptors (Lipinski definition) is 5. The van der Waals surface area contributed by atoms with Crippen molar-refractivity contribution in [1.82, 2.24) is 0 Å². The molecule has 6 nitrogen and oxygen atoms in total. The fourth-order valence-corrected chi connectivity index (χ4v) is 3.91. The molecule has 3 aromatic rings. The number of hydrogen-bond donors (Lipinski definition) is 2. The van der Waals surface area contributed by atoms with Gasteiger partial charge in [-0.25, -0.2) is 0 Å². The van der Waals surface area contributed by atoms with Crippen LogP contribution in [0.15, 0.2) is 58.1 Å². The summed E-state index contributed by atoms with van der Waals surface area (Å²) in [4.78, 5) is 38.4. The molecule has 0 unspecified atom stereocenters. The molecule has 1 amide bonds. The highest BCUT2D eigenvalue weighted by Gasteiger charge is 2.27. The number of nitrogens with one attached hydrogen (secondary N) is 2. The lowest BCUT2D eigenvalue weighted by atomic mass is 10.0. The largest absolute Gasteiger partial charge is 0.376 e. The molecule has 1 fully saturated rings. The molecule has 3 aromatic carbocycles. The summed E-state index contributed by atoms with van der Waals surface area (Å²) in [5.41, 5.74) is 3.58. The van der Waals surface area contributed by atoms with Crippen LogP contribution in [0.1, 0.15) is 54.1 Å². The lowest BCUT2D eigenvalue weighted by molar-refractivity contribution is 0.102. The molecule has 0 aromatic heterocycles. The Morgan fingerprint density at radius 2 is 1.58 bits per heavy atom. The molecule has 0 spiro atoms. The Bertz CT molecular complexity index is 1130. The Labute approximate surface area is 181 Å². The predicted octanol–water partition coefficient (Wildman–Crippen LogP) is 3.87. The molecule has 0 atom stereocenters. The highest BCUT2D eigenvalue weighted by atomic mass is 16.2. The van der Waals surface area contributed by atoms with Gasteiger partial charge in [0.15, 0.2) is 0 Å². The molecule has 1 aliphatic heterocycles. The van der Waals surface area contributed by atoms with Gasteiger partial charge in [0.25, 0.3) is 16.8 Å². The van der Waals surface area contributed by atoms with Gasteiger partial charge >= 0.3 is 0 Å². The van der Waals surface area contributed by atoms with Crippen molar-refractivity contribution in [2.75, 3.05) is 28.6 Å². The number of carbonyl (C=O) groups is 1. The average molecular weight is 418 g/mol. The molecule has 31 heavy (non-hydrogen) atoms. The van der Waals surface area contributed by atoms with Crippen LogP contribution in [-0.4, -0.2) is 19.0 Å². The molecule has 0 saturated carbocycles. The van der Waals surface area contributed by atoms with E-state index in [4.69, 9.17) is 0 Å². The van der Waals surface area contributed by atoms with E-state index in [9.17, 15) is 14.4 Å². The third kappa shape index (κ3) is 4.38. The van der Waals surface area contributed by atoms with Gasteiger partial charge in [-0.3, -0.25) is 14.4 Å². The topological polar surface area (TPSA) is 78.5 Å². The summed E-state index contributed by atoms with van der Waals surface area (Å²) in [6.45, 7) is 6.33. The van der Waals surface area contributed by atoms with E-state index in [1.807, 2.05) is 41.3 Å². The molecule has 2 N–H and O–H groups in total. The van der Waals surface area contributed by atoms with Crippen molar-refractivity contribution in [2.45, 2.75) is 39.2 Å². The van der Waals surface area contributed by atoms with Crippen molar-refractivity contribution in [3.63, 3.8) is 0 Å². The van der Waals surface area contributed by atoms with Crippen molar-refractivity contribution in [3.8, 4) is 0 Å². The van der Waals surface area contributed by atoms with Crippen LogP contribution < -0.4 is 26.4 Å². The van der Waals surface area contributed by atoms with Crippen LogP contribution in [0, 0.1) is 0 Å². The normalized spacial score (nSPS) is 13.7. The first-order valence-corrected chi connectivity index (χ1v) is 10.8. The van der Waals surface area contributed by atoms with E-state index in [0.29, 0.717) is 29.4 Å². The van der Waals surface area contributed by atoms with Crippen molar-refractivity contribution >= 4 is 23.0 Å². The quantitative estimate of drug-likeness (QED) is 0.571. The van der Waals surface area contributed by atoms with E-state index in [2.05, 4.69) is 24.5 Å². The van der Waals surface area contributed by atoms with Gasteiger partial charge in [-0.15, -0.1) is 0 Å². The minimum Gasteiger partial charge on any atom is -0.376 e. The van der Waals surface area contributed by atoms with Crippen molar-refractivity contribution in [3.05, 3.63) is 85.7 Å². The monoisotopic (exact) mass is 417 g/mol. The molecule has 6 heteroatoms. The van der Waals surface area contributed by atoms with Crippen LogP contribution in [-0.2, 0) is 6.54 Å². The van der Waals surface area contributed by atoms with Crippen LogP contribution in [0.2, 0.25) is 0 Å². The zero-order chi connectivity index (χ0) is 22.0. The fourth-order valence-electron chi connectivity index (χ4n) is 3.91. The Hall–Kier alpha value is -3.41. The van der Waals surface area contributed by atoms with Gasteiger partial charge in [0.05, 0.1) is 0 Å². The maximum atomic E-state index is 12.5. The van der Waals surface area contributed by atoms with E-state index in [1.54, 1.807) is 12.1 Å². The third-order valence-corrected chi connectivity index (χ3v) is 5.83. The Kier molecular flexibility index (Phi) is 5.89. The number of amides is 1. The van der Waals surface area contributed by atoms with Crippen LogP contribution in [0.5, 0.6) is 0 Å². The Morgan fingerprint density at radius 3 is 2.19 bits per heavy atom. The second kappa shape index (κ2) is 8.76. The lowest BCUT2D eigenvalue weighted by Gasteiger charge is -2.22. The SMILES string of the molecule is CC(C)c1ccc(NC(=O)c2ccc(CNc3c(N4CCCC4)c(=O)c3=O)cc2)cc1. The maximum Gasteiger partial charge on any atom is 0.255 e. The summed E-state index contributed by atoms with van der Waals surface area (Å²) >= 11 is 0. The van der Waals surface area contributed by atoms with Gasteiger partial charge < -0.3 is 15.5 Å². The minimum absolute atomic E-state index is 0.171. The molecule has 160 valence electrons. The van der Waals surface area contributed by atoms with Crippen molar-refractivity contribution in [1.29, 1.82) is 0 Å². The van der Waals surface area contributed by atoms with Gasteiger partial charge in [-0.1, -0.05) is 38.1 Å². The van der Waals surface area contributed by atoms with Crippen LogP contribution >= 0.6 is 0 Å². The number of nitrogens with zero attached hydrogens (tertiary/aromatic N) is 1. The first-order chi connectivity index (χ1) is 14.9. The lowest BCUT2D eigenvalue weighted by Crippen LogP contribution is -2.41. The number of carbonyl (C=O) groups excluding carboxylic acids is 1. The van der Waals surface area contributed by atoms with Gasteiger partial charge in [-0.05, 0) is 54.2 Å². The highest BCUT2D eigenvalue weighted by molar-refractivity contribution is 6.04. The molecule has 1 saturated heterocycles. The maximum absolute atomic E-state index is 12.5. The number of benzene rings is 2. The second-order valence-corrected chi connectivity index (χ2v) is 8.36. The van der Waals surface area contributed by atoms with Crippen molar-refractivity contribution < 1.29 is 4.79 Å². The van der Waals surface area contributed by atoms with E-state index < -0.39 is 10.9 Å². The van der Waals surface area contributed by atoms with E-state index >= 15 is 0 Å². The minimum atomic E-state index is -0.443. The van der Waals surface area contributed by atoms with E-state index in [1.165, 1.54) is 5.56 Å². The number of rotatable bonds is 7. The van der Waals surface area contributed by atoms with E-state index in [-0.39, 0.29) is 5.91 Å². The zero-order valence-corrected chi connectivity index (χ0v) is 17.9. The molecule has 1 aliphatic rings. The summed E-state index contributed by atoms with van der Waals surface area (Å²) in [5.74, 6) is 0.275. The summed E-state index contributed by atoms with van der Waals surface area (Å²) < 4.78 is 0. The summed E-state index contributed by atoms with van der Waals surface area (Å²) in [5, 5.41) is 6.02. The van der Waals surface area contributed by atoms with Gasteiger partial charge in [0.2, 0.25) is 0 Å². The van der Waals surface area contributed by atoms with Crippen LogP contribution in [0.4, 0.5) is 17.1 Å². The summed E-state index contributed by atoms with van der Waals surface area (Å²) in [7, 11) is 0. The number of anilines is 3. The molecule has 0 radical (unpaired) electrons. The zero-order valence-electron chi connectivity index (χ0n) is 17.9. The first-order valence-electron chi connectivity index (χ1n) is 10.8. The molecule has 0 bridgehead atoms. The van der Waals surface area contributed by atoms with Crippen LogP contribution in [0.3, 0.4) is 0 Å². The Morgan fingerprint density at radius 1 is 0.935 bits per heavy atom. The molecular weight excluding hydrogens is 390 g/mol. The van der Waals surface area contributed by atoms with Gasteiger partial charge in [-0.2, -0.15) is 0 Å². The third-order valence-electron chi connectivity index (χ3n) is 5.83. The summed E-state index contributed by atoms with van der Waals surface area (Å²) in [6, 6.07) is 15.1. The first kappa shape index (κ1) is 20.8. The molecule has 1 heterocycles. The van der Waals surface area contributed by atoms with Gasteiger partial charge in [0, 0.05) is 30.9 Å². The van der Waals surface area contributed by atoms with Crippen molar-refractivity contribution in [2.24, 2.45) is 0 Å². The van der Waals surface area contributed by atoms with Crippen LogP contribution in [0.25, 0.3) is 0 Å². The van der Waals surface area contributed by atoms with Gasteiger partial charge in [0.1, 0.15) is 11.4 Å². The Balaban J connectivity index is 1.36. The predicted molar refractivity (Wildman–Crippen MR) is 125 cm³/mol. The standard InChI is InChI=1S/C25H27N3O3/c1-16(2)18-9-11-20(12-10-18)27-25(31)19-7-5-17(6-8-19)15-26-21-22(24(30)23(21)29)28-13-3-4-14-28/h5-12,16,26H,3-4,13-15H2,1-2H3,(H,27,31). The molecule has 4 rings (SSSR count). The average Bonchev–Trinajstić information content (AvgIpc) is 3.30. The molecule has 0 aliphatic carbocycles. The van der Waals surface area contributed by atoms with E-state index in [0.717, 1.165) is 37.2 Å². The fraction of sp³-hybridized carbons (Fsp3) is 0.320. The highest BCUT2D eigenvalue weighted by Crippen LogP contribution is 2.24. The second-order valence-electron chi connectivity index (χ2n) is 8.36. The smallest absolute Gasteiger partial charge is 0.255 e. The summed E-state index contributed by atoms with van der Waals surface area (Å²) in [6.07, 6.45) is 2.09.